The van der Waals surface area contributed by atoms with E-state index in [2.05, 4.69) is 4.99 Å². The molecule has 0 bridgehead atoms. The zero-order valence-electron chi connectivity index (χ0n) is 10.4. The molecule has 0 aliphatic heterocycles. The molecule has 0 spiro atoms. The highest BCUT2D eigenvalue weighted by Crippen LogP contribution is 2.12. The third-order valence-corrected chi connectivity index (χ3v) is 2.02. The smallest absolute Gasteiger partial charge is 0.118 e. The predicted molar refractivity (Wildman–Crippen MR) is 68.1 cm³/mol. The molecule has 0 saturated carbocycles. The fourth-order valence-corrected chi connectivity index (χ4v) is 1.42. The second-order valence-corrected chi connectivity index (χ2v) is 4.80. The van der Waals surface area contributed by atoms with E-state index in [0.717, 1.165) is 11.3 Å². The number of ether oxygens (including phenoxy) is 1. The van der Waals surface area contributed by atoms with Gasteiger partial charge in [-0.3, -0.25) is 4.99 Å². The first-order chi connectivity index (χ1) is 7.40. The van der Waals surface area contributed by atoms with Crippen LogP contribution in [0.4, 0.5) is 0 Å². The summed E-state index contributed by atoms with van der Waals surface area (Å²) < 4.78 is 5.09. The summed E-state index contributed by atoms with van der Waals surface area (Å²) in [6, 6.07) is 7.87. The van der Waals surface area contributed by atoms with Gasteiger partial charge in [0, 0.05) is 6.42 Å². The lowest BCUT2D eigenvalue weighted by Gasteiger charge is -2.13. The lowest BCUT2D eigenvalue weighted by atomic mass is 10.1. The van der Waals surface area contributed by atoms with Gasteiger partial charge in [-0.15, -0.1) is 0 Å². The van der Waals surface area contributed by atoms with Gasteiger partial charge < -0.3 is 10.5 Å². The van der Waals surface area contributed by atoms with Gasteiger partial charge in [-0.25, -0.2) is 0 Å². The molecule has 88 valence electrons. The van der Waals surface area contributed by atoms with Crippen molar-refractivity contribution in [2.45, 2.75) is 32.7 Å². The number of amidine groups is 1. The van der Waals surface area contributed by atoms with Crippen LogP contribution in [0.2, 0.25) is 0 Å². The highest BCUT2D eigenvalue weighted by molar-refractivity contribution is 5.83. The molecule has 1 aromatic rings. The SMILES string of the molecule is COc1ccc(CC(N)=NC(C)(C)C)cc1. The van der Waals surface area contributed by atoms with Crippen LogP contribution in [0.15, 0.2) is 29.3 Å². The molecular weight excluding hydrogens is 200 g/mol. The Kier molecular flexibility index (Phi) is 3.93. The van der Waals surface area contributed by atoms with Crippen LogP contribution in [0.5, 0.6) is 5.75 Å². The molecule has 0 radical (unpaired) electrons. The molecule has 0 heterocycles. The second-order valence-electron chi connectivity index (χ2n) is 4.80. The maximum atomic E-state index is 5.88. The van der Waals surface area contributed by atoms with E-state index in [-0.39, 0.29) is 5.54 Å². The minimum absolute atomic E-state index is 0.115. The third kappa shape index (κ3) is 4.34. The summed E-state index contributed by atoms with van der Waals surface area (Å²) in [5.41, 5.74) is 6.91. The Labute approximate surface area is 97.3 Å². The van der Waals surface area contributed by atoms with Gasteiger partial charge in [0.05, 0.1) is 18.5 Å². The van der Waals surface area contributed by atoms with Gasteiger partial charge in [0.1, 0.15) is 5.75 Å². The second kappa shape index (κ2) is 5.01. The average Bonchev–Trinajstić information content (AvgIpc) is 2.16. The summed E-state index contributed by atoms with van der Waals surface area (Å²) in [7, 11) is 1.66. The van der Waals surface area contributed by atoms with Gasteiger partial charge in [0.2, 0.25) is 0 Å². The van der Waals surface area contributed by atoms with Crippen molar-refractivity contribution in [2.75, 3.05) is 7.11 Å². The predicted octanol–water partition coefficient (Wildman–Crippen LogP) is 2.39. The third-order valence-electron chi connectivity index (χ3n) is 2.02. The average molecular weight is 220 g/mol. The normalized spacial score (nSPS) is 12.6. The quantitative estimate of drug-likeness (QED) is 0.628. The van der Waals surface area contributed by atoms with Crippen molar-refractivity contribution in [2.24, 2.45) is 10.7 Å². The highest BCUT2D eigenvalue weighted by Gasteiger charge is 2.08. The fourth-order valence-electron chi connectivity index (χ4n) is 1.42. The van der Waals surface area contributed by atoms with E-state index >= 15 is 0 Å². The summed E-state index contributed by atoms with van der Waals surface area (Å²) in [6.45, 7) is 6.11. The molecule has 0 unspecified atom stereocenters. The lowest BCUT2D eigenvalue weighted by molar-refractivity contribution is 0.414. The Hall–Kier alpha value is -1.51. The number of rotatable bonds is 3. The number of hydrogen-bond acceptors (Lipinski definition) is 2. The molecule has 0 aromatic heterocycles. The number of aliphatic imine (C=N–C) groups is 1. The minimum atomic E-state index is -0.115. The Morgan fingerprint density at radius 1 is 1.25 bits per heavy atom. The van der Waals surface area contributed by atoms with Gasteiger partial charge in [-0.1, -0.05) is 12.1 Å². The van der Waals surface area contributed by atoms with Crippen molar-refractivity contribution in [3.05, 3.63) is 29.8 Å². The molecule has 1 aromatic carbocycles. The van der Waals surface area contributed by atoms with E-state index in [1.54, 1.807) is 7.11 Å². The highest BCUT2D eigenvalue weighted by atomic mass is 16.5. The molecule has 0 fully saturated rings. The van der Waals surface area contributed by atoms with Gasteiger partial charge in [-0.2, -0.15) is 0 Å². The molecule has 0 saturated heterocycles. The maximum Gasteiger partial charge on any atom is 0.118 e. The molecule has 16 heavy (non-hydrogen) atoms. The van der Waals surface area contributed by atoms with Crippen molar-refractivity contribution < 1.29 is 4.74 Å². The van der Waals surface area contributed by atoms with Crippen LogP contribution in [0, 0.1) is 0 Å². The maximum absolute atomic E-state index is 5.88. The summed E-state index contributed by atoms with van der Waals surface area (Å²) in [6.07, 6.45) is 0.682. The Balaban J connectivity index is 2.70. The van der Waals surface area contributed by atoms with Crippen LogP contribution in [0.3, 0.4) is 0 Å². The molecule has 0 amide bonds. The minimum Gasteiger partial charge on any atom is -0.497 e. The standard InChI is InChI=1S/C13H20N2O/c1-13(2,3)15-12(14)9-10-5-7-11(16-4)8-6-10/h5-8H,9H2,1-4H3,(H2,14,15). The Morgan fingerprint density at radius 3 is 2.25 bits per heavy atom. The Bertz CT molecular complexity index is 361. The number of nitrogens with zero attached hydrogens (tertiary/aromatic N) is 1. The van der Waals surface area contributed by atoms with Crippen LogP contribution in [-0.4, -0.2) is 18.5 Å². The molecule has 1 rings (SSSR count). The van der Waals surface area contributed by atoms with E-state index in [0.29, 0.717) is 12.3 Å². The van der Waals surface area contributed by atoms with E-state index in [9.17, 15) is 0 Å². The molecule has 0 aliphatic carbocycles. The van der Waals surface area contributed by atoms with Crippen molar-refractivity contribution in [1.29, 1.82) is 0 Å². The van der Waals surface area contributed by atoms with E-state index < -0.39 is 0 Å². The van der Waals surface area contributed by atoms with Crippen molar-refractivity contribution in [3.63, 3.8) is 0 Å². The first-order valence-electron chi connectivity index (χ1n) is 5.38. The molecule has 0 atom stereocenters. The van der Waals surface area contributed by atoms with Crippen molar-refractivity contribution in [1.82, 2.24) is 0 Å². The molecular formula is C13H20N2O. The summed E-state index contributed by atoms with van der Waals surface area (Å²) >= 11 is 0. The van der Waals surface area contributed by atoms with E-state index in [4.69, 9.17) is 10.5 Å². The Morgan fingerprint density at radius 2 is 1.81 bits per heavy atom. The van der Waals surface area contributed by atoms with Crippen molar-refractivity contribution in [3.8, 4) is 5.75 Å². The van der Waals surface area contributed by atoms with Gasteiger partial charge in [-0.05, 0) is 38.5 Å². The zero-order chi connectivity index (χ0) is 12.2. The summed E-state index contributed by atoms with van der Waals surface area (Å²) in [5.74, 6) is 1.52. The first-order valence-corrected chi connectivity index (χ1v) is 5.38. The van der Waals surface area contributed by atoms with Crippen molar-refractivity contribution >= 4 is 5.84 Å². The zero-order valence-corrected chi connectivity index (χ0v) is 10.4. The summed E-state index contributed by atoms with van der Waals surface area (Å²) in [5, 5.41) is 0. The molecule has 2 N–H and O–H groups in total. The first kappa shape index (κ1) is 12.6. The summed E-state index contributed by atoms with van der Waals surface area (Å²) in [4.78, 5) is 4.41. The lowest BCUT2D eigenvalue weighted by Crippen LogP contribution is -2.22. The van der Waals surface area contributed by atoms with Crippen LogP contribution in [0.25, 0.3) is 0 Å². The number of hydrogen-bond donors (Lipinski definition) is 1. The van der Waals surface area contributed by atoms with E-state index in [1.807, 2.05) is 45.0 Å². The fraction of sp³-hybridized carbons (Fsp3) is 0.462. The van der Waals surface area contributed by atoms with Gasteiger partial charge in [0.25, 0.3) is 0 Å². The van der Waals surface area contributed by atoms with Crippen LogP contribution in [-0.2, 0) is 6.42 Å². The topological polar surface area (TPSA) is 47.6 Å². The van der Waals surface area contributed by atoms with Gasteiger partial charge >= 0.3 is 0 Å². The van der Waals surface area contributed by atoms with Crippen LogP contribution >= 0.6 is 0 Å². The van der Waals surface area contributed by atoms with Crippen LogP contribution in [0.1, 0.15) is 26.3 Å². The van der Waals surface area contributed by atoms with Gasteiger partial charge in [0.15, 0.2) is 0 Å². The van der Waals surface area contributed by atoms with E-state index in [1.165, 1.54) is 0 Å². The largest absolute Gasteiger partial charge is 0.497 e. The monoisotopic (exact) mass is 220 g/mol. The molecule has 3 nitrogen and oxygen atoms in total. The van der Waals surface area contributed by atoms with Crippen LogP contribution < -0.4 is 10.5 Å². The molecule has 0 aliphatic rings. The molecule has 3 heteroatoms. The number of methoxy groups -OCH3 is 1. The number of benzene rings is 1. The number of nitrogens with two attached hydrogens (primary N) is 1.